The van der Waals surface area contributed by atoms with Crippen molar-refractivity contribution in [2.45, 2.75) is 33.0 Å². The monoisotopic (exact) mass is 170 g/mol. The first-order valence-corrected chi connectivity index (χ1v) is 4.93. The van der Waals surface area contributed by atoms with Crippen molar-refractivity contribution in [3.05, 3.63) is 0 Å². The molecule has 2 aliphatic rings. The highest BCUT2D eigenvalue weighted by atomic mass is 16.6. The number of fused-ring (bicyclic) bond motifs is 1. The molecule has 0 amide bonds. The van der Waals surface area contributed by atoms with E-state index >= 15 is 0 Å². The molecule has 0 aromatic rings. The van der Waals surface area contributed by atoms with Gasteiger partial charge in [-0.05, 0) is 5.92 Å². The third-order valence-electron chi connectivity index (χ3n) is 3.20. The smallest absolute Gasteiger partial charge is 0.0892 e. The molecule has 0 radical (unpaired) electrons. The van der Waals surface area contributed by atoms with Gasteiger partial charge in [0.25, 0.3) is 0 Å². The molecule has 0 saturated carbocycles. The van der Waals surface area contributed by atoms with Crippen molar-refractivity contribution in [2.75, 3.05) is 13.2 Å². The van der Waals surface area contributed by atoms with Crippen molar-refractivity contribution in [3.8, 4) is 0 Å². The molecule has 0 N–H and O–H groups in total. The van der Waals surface area contributed by atoms with E-state index in [0.29, 0.717) is 30.0 Å². The maximum absolute atomic E-state index is 5.74. The Morgan fingerprint density at radius 3 is 2.42 bits per heavy atom. The predicted molar refractivity (Wildman–Crippen MR) is 47.0 cm³/mol. The number of rotatable bonds is 1. The summed E-state index contributed by atoms with van der Waals surface area (Å²) in [4.78, 5) is 0. The van der Waals surface area contributed by atoms with Crippen LogP contribution in [-0.4, -0.2) is 25.4 Å². The molecule has 2 rings (SSSR count). The van der Waals surface area contributed by atoms with Crippen LogP contribution in [-0.2, 0) is 9.47 Å². The SMILES string of the molecule is CC(C)C1CO[C@H]2[C@@H]1OC[C@@H]2C. The van der Waals surface area contributed by atoms with E-state index in [2.05, 4.69) is 20.8 Å². The molecule has 0 spiro atoms. The van der Waals surface area contributed by atoms with E-state index in [4.69, 9.17) is 9.47 Å². The van der Waals surface area contributed by atoms with E-state index in [1.54, 1.807) is 0 Å². The highest BCUT2D eigenvalue weighted by molar-refractivity contribution is 4.93. The number of hydrogen-bond acceptors (Lipinski definition) is 2. The number of hydrogen-bond donors (Lipinski definition) is 0. The van der Waals surface area contributed by atoms with Gasteiger partial charge in [-0.15, -0.1) is 0 Å². The summed E-state index contributed by atoms with van der Waals surface area (Å²) in [6, 6.07) is 0. The zero-order valence-electron chi connectivity index (χ0n) is 8.12. The van der Waals surface area contributed by atoms with E-state index in [9.17, 15) is 0 Å². The molecule has 2 fully saturated rings. The molecule has 2 nitrogen and oxygen atoms in total. The highest BCUT2D eigenvalue weighted by Gasteiger charge is 2.46. The van der Waals surface area contributed by atoms with Crippen molar-refractivity contribution in [1.29, 1.82) is 0 Å². The van der Waals surface area contributed by atoms with Gasteiger partial charge in [0.15, 0.2) is 0 Å². The first-order chi connectivity index (χ1) is 5.70. The van der Waals surface area contributed by atoms with Gasteiger partial charge in [0.1, 0.15) is 0 Å². The Hall–Kier alpha value is -0.0800. The third kappa shape index (κ3) is 1.17. The predicted octanol–water partition coefficient (Wildman–Crippen LogP) is 1.69. The van der Waals surface area contributed by atoms with Crippen LogP contribution >= 0.6 is 0 Å². The molecule has 2 saturated heterocycles. The van der Waals surface area contributed by atoms with Crippen LogP contribution in [0.2, 0.25) is 0 Å². The summed E-state index contributed by atoms with van der Waals surface area (Å²) in [6.07, 6.45) is 0.775. The Kier molecular flexibility index (Phi) is 2.13. The maximum Gasteiger partial charge on any atom is 0.0892 e. The molecule has 2 heteroatoms. The van der Waals surface area contributed by atoms with Crippen LogP contribution in [0.3, 0.4) is 0 Å². The van der Waals surface area contributed by atoms with Crippen molar-refractivity contribution >= 4 is 0 Å². The standard InChI is InChI=1S/C10H18O2/c1-6(2)8-5-12-9-7(3)4-11-10(8)9/h6-10H,4-5H2,1-3H3/t7-,8?,9+,10+/m0/s1. The highest BCUT2D eigenvalue weighted by Crippen LogP contribution is 2.37. The Labute approximate surface area is 74.2 Å². The van der Waals surface area contributed by atoms with E-state index in [-0.39, 0.29) is 0 Å². The summed E-state index contributed by atoms with van der Waals surface area (Å²) < 4.78 is 11.5. The fourth-order valence-corrected chi connectivity index (χ4v) is 2.29. The molecule has 0 aromatic carbocycles. The third-order valence-corrected chi connectivity index (χ3v) is 3.20. The minimum Gasteiger partial charge on any atom is -0.375 e. The average molecular weight is 170 g/mol. The molecule has 70 valence electrons. The summed E-state index contributed by atoms with van der Waals surface area (Å²) in [6.45, 7) is 8.51. The van der Waals surface area contributed by atoms with Gasteiger partial charge in [-0.3, -0.25) is 0 Å². The number of ether oxygens (including phenoxy) is 2. The van der Waals surface area contributed by atoms with Crippen LogP contribution in [0.1, 0.15) is 20.8 Å². The van der Waals surface area contributed by atoms with E-state index in [1.165, 1.54) is 0 Å². The molecule has 1 unspecified atom stereocenters. The summed E-state index contributed by atoms with van der Waals surface area (Å²) in [5.41, 5.74) is 0. The zero-order chi connectivity index (χ0) is 8.72. The second-order valence-corrected chi connectivity index (χ2v) is 4.48. The van der Waals surface area contributed by atoms with Gasteiger partial charge in [0.2, 0.25) is 0 Å². The summed E-state index contributed by atoms with van der Waals surface area (Å²) in [5, 5.41) is 0. The molecule has 2 heterocycles. The van der Waals surface area contributed by atoms with Crippen LogP contribution in [0.4, 0.5) is 0 Å². The van der Waals surface area contributed by atoms with E-state index in [1.807, 2.05) is 0 Å². The topological polar surface area (TPSA) is 18.5 Å². The fourth-order valence-electron chi connectivity index (χ4n) is 2.29. The van der Waals surface area contributed by atoms with Crippen molar-refractivity contribution in [3.63, 3.8) is 0 Å². The molecule has 0 aromatic heterocycles. The lowest BCUT2D eigenvalue weighted by Crippen LogP contribution is -2.27. The second kappa shape index (κ2) is 3.00. The van der Waals surface area contributed by atoms with Crippen LogP contribution in [0.15, 0.2) is 0 Å². The van der Waals surface area contributed by atoms with Gasteiger partial charge in [-0.25, -0.2) is 0 Å². The average Bonchev–Trinajstić information content (AvgIpc) is 2.53. The van der Waals surface area contributed by atoms with Crippen molar-refractivity contribution in [2.24, 2.45) is 17.8 Å². The van der Waals surface area contributed by atoms with Gasteiger partial charge in [0, 0.05) is 11.8 Å². The molecule has 4 atom stereocenters. The first kappa shape index (κ1) is 8.52. The second-order valence-electron chi connectivity index (χ2n) is 4.48. The van der Waals surface area contributed by atoms with Gasteiger partial charge < -0.3 is 9.47 Å². The van der Waals surface area contributed by atoms with Gasteiger partial charge in [-0.1, -0.05) is 20.8 Å². The van der Waals surface area contributed by atoms with Crippen LogP contribution < -0.4 is 0 Å². The Balaban J connectivity index is 2.05. The minimum absolute atomic E-state index is 0.386. The Morgan fingerprint density at radius 1 is 1.08 bits per heavy atom. The molecule has 0 aliphatic carbocycles. The fraction of sp³-hybridized carbons (Fsp3) is 1.00. The van der Waals surface area contributed by atoms with Gasteiger partial charge in [0.05, 0.1) is 25.4 Å². The minimum atomic E-state index is 0.386. The normalized spacial score (nSPS) is 47.0. The lowest BCUT2D eigenvalue weighted by Gasteiger charge is -2.19. The molecule has 12 heavy (non-hydrogen) atoms. The summed E-state index contributed by atoms with van der Waals surface area (Å²) >= 11 is 0. The molecular formula is C10H18O2. The van der Waals surface area contributed by atoms with Crippen LogP contribution in [0, 0.1) is 17.8 Å². The van der Waals surface area contributed by atoms with Crippen molar-refractivity contribution in [1.82, 2.24) is 0 Å². The van der Waals surface area contributed by atoms with Crippen LogP contribution in [0.25, 0.3) is 0 Å². The Bertz CT molecular complexity index is 167. The van der Waals surface area contributed by atoms with Gasteiger partial charge in [-0.2, -0.15) is 0 Å². The van der Waals surface area contributed by atoms with E-state index in [0.717, 1.165) is 13.2 Å². The molecule has 0 bridgehead atoms. The quantitative estimate of drug-likeness (QED) is 0.596. The van der Waals surface area contributed by atoms with Crippen molar-refractivity contribution < 1.29 is 9.47 Å². The largest absolute Gasteiger partial charge is 0.375 e. The molecule has 2 aliphatic heterocycles. The van der Waals surface area contributed by atoms with Gasteiger partial charge >= 0.3 is 0 Å². The molecular weight excluding hydrogens is 152 g/mol. The van der Waals surface area contributed by atoms with Crippen LogP contribution in [0.5, 0.6) is 0 Å². The zero-order valence-corrected chi connectivity index (χ0v) is 8.12. The lowest BCUT2D eigenvalue weighted by atomic mass is 9.89. The first-order valence-electron chi connectivity index (χ1n) is 4.93. The van der Waals surface area contributed by atoms with E-state index < -0.39 is 0 Å². The maximum atomic E-state index is 5.74. The Morgan fingerprint density at radius 2 is 1.75 bits per heavy atom. The lowest BCUT2D eigenvalue weighted by molar-refractivity contribution is 0.0549. The summed E-state index contributed by atoms with van der Waals surface area (Å²) in [7, 11) is 0. The summed E-state index contributed by atoms with van der Waals surface area (Å²) in [5.74, 6) is 1.91.